The highest BCUT2D eigenvalue weighted by molar-refractivity contribution is 6.32. The van der Waals surface area contributed by atoms with Gasteiger partial charge in [-0.15, -0.1) is 0 Å². The molecule has 41 heavy (non-hydrogen) atoms. The van der Waals surface area contributed by atoms with Gasteiger partial charge in [0.2, 0.25) is 0 Å². The van der Waals surface area contributed by atoms with Crippen molar-refractivity contribution in [2.24, 2.45) is 5.92 Å². The van der Waals surface area contributed by atoms with E-state index >= 15 is 0 Å². The molecule has 0 radical (unpaired) electrons. The summed E-state index contributed by atoms with van der Waals surface area (Å²) in [5.41, 5.74) is 7.21. The first-order chi connectivity index (χ1) is 19.5. The van der Waals surface area contributed by atoms with Crippen LogP contribution in [0.2, 0.25) is 5.02 Å². The Bertz CT molecular complexity index is 1570. The normalized spacial score (nSPS) is 12.1. The molecule has 0 aliphatic rings. The van der Waals surface area contributed by atoms with Crippen molar-refractivity contribution in [2.45, 2.75) is 66.7 Å². The second-order valence-corrected chi connectivity index (χ2v) is 11.6. The van der Waals surface area contributed by atoms with Crippen molar-refractivity contribution in [1.29, 1.82) is 0 Å². The van der Waals surface area contributed by atoms with Crippen LogP contribution in [-0.4, -0.2) is 29.7 Å². The molecule has 1 N–H and O–H groups in total. The van der Waals surface area contributed by atoms with Crippen LogP contribution in [0, 0.1) is 19.8 Å². The minimum Gasteiger partial charge on any atom is -0.477 e. The van der Waals surface area contributed by atoms with Crippen LogP contribution in [0.3, 0.4) is 0 Å². The van der Waals surface area contributed by atoms with Gasteiger partial charge in [-0.05, 0) is 72.4 Å². The summed E-state index contributed by atoms with van der Waals surface area (Å²) in [4.78, 5) is 25.3. The monoisotopic (exact) mass is 574 g/mol. The molecule has 0 aliphatic heterocycles. The molecule has 4 rings (SSSR count). The summed E-state index contributed by atoms with van der Waals surface area (Å²) in [5.74, 6) is 0.255. The van der Waals surface area contributed by atoms with Gasteiger partial charge >= 0.3 is 5.97 Å². The maximum absolute atomic E-state index is 13.1. The Kier molecular flexibility index (Phi) is 9.44. The molecule has 0 saturated heterocycles. The molecule has 1 atom stereocenters. The first-order valence-electron chi connectivity index (χ1n) is 14.0. The number of rotatable bonds is 10. The van der Waals surface area contributed by atoms with Gasteiger partial charge in [0.1, 0.15) is 5.75 Å². The highest BCUT2D eigenvalue weighted by Crippen LogP contribution is 2.31. The van der Waals surface area contributed by atoms with Crippen LogP contribution < -0.4 is 10.1 Å². The van der Waals surface area contributed by atoms with E-state index in [1.54, 1.807) is 6.07 Å². The summed E-state index contributed by atoms with van der Waals surface area (Å²) >= 11 is 6.44. The summed E-state index contributed by atoms with van der Waals surface area (Å²) in [6, 6.07) is 19.8. The fourth-order valence-electron chi connectivity index (χ4n) is 4.97. The number of carbonyl (C=O) groups excluding carboxylic acids is 2. The van der Waals surface area contributed by atoms with Gasteiger partial charge in [0.25, 0.3) is 5.91 Å². The van der Waals surface area contributed by atoms with Crippen molar-refractivity contribution in [3.8, 4) is 5.75 Å². The number of fused-ring (bicyclic) bond motifs is 1. The van der Waals surface area contributed by atoms with E-state index < -0.39 is 12.1 Å². The molecule has 7 heteroatoms. The number of hydrogen-bond donors (Lipinski definition) is 1. The highest BCUT2D eigenvalue weighted by Gasteiger charge is 2.26. The van der Waals surface area contributed by atoms with Crippen LogP contribution in [-0.2, 0) is 22.6 Å². The number of methoxy groups -OCH3 is 1. The maximum atomic E-state index is 13.1. The van der Waals surface area contributed by atoms with Crippen molar-refractivity contribution >= 4 is 34.4 Å². The highest BCUT2D eigenvalue weighted by atomic mass is 35.5. The topological polar surface area (TPSA) is 69.6 Å². The second-order valence-electron chi connectivity index (χ2n) is 11.2. The Morgan fingerprint density at radius 2 is 1.71 bits per heavy atom. The van der Waals surface area contributed by atoms with Crippen LogP contribution in [0.15, 0.2) is 60.7 Å². The number of nitrogens with zero attached hydrogens (tertiary/aromatic N) is 1. The minimum absolute atomic E-state index is 0.0861. The number of benzene rings is 3. The molecule has 1 unspecified atom stereocenters. The molecule has 0 saturated carbocycles. The first kappa shape index (κ1) is 30.2. The zero-order chi connectivity index (χ0) is 29.8. The van der Waals surface area contributed by atoms with Crippen molar-refractivity contribution < 1.29 is 19.1 Å². The smallest absolute Gasteiger partial charge is 0.347 e. The average Bonchev–Trinajstić information content (AvgIpc) is 3.19. The SMILES string of the molecule is COC(=O)C(Oc1cc(Cn2c(C)c(C)c3cc(C(=O)NCc4cccc(C(C)C)c4)ccc32)ccc1Cl)C(C)C. The number of carbonyl (C=O) groups is 2. The third-order valence-corrected chi connectivity index (χ3v) is 7.91. The number of hydrogen-bond acceptors (Lipinski definition) is 4. The predicted molar refractivity (Wildman–Crippen MR) is 165 cm³/mol. The number of aromatic nitrogens is 1. The molecule has 1 aromatic heterocycles. The lowest BCUT2D eigenvalue weighted by Crippen LogP contribution is -2.33. The molecule has 3 aromatic carbocycles. The second kappa shape index (κ2) is 12.8. The standard InChI is InChI=1S/C34H39ClN2O4/c1-20(2)26-10-8-9-24(15-26)18-36-33(38)27-12-14-30-28(17-27)22(5)23(6)37(30)19-25-11-13-29(35)31(16-25)41-32(21(3)4)34(39)40-7/h8-17,20-21,32H,18-19H2,1-7H3,(H,36,38). The molecule has 4 aromatic rings. The molecular weight excluding hydrogens is 536 g/mol. The average molecular weight is 575 g/mol. The fourth-order valence-corrected chi connectivity index (χ4v) is 5.13. The molecule has 0 fully saturated rings. The number of halogens is 1. The van der Waals surface area contributed by atoms with E-state index in [2.05, 4.69) is 49.7 Å². The van der Waals surface area contributed by atoms with E-state index in [9.17, 15) is 9.59 Å². The van der Waals surface area contributed by atoms with Gasteiger partial charge < -0.3 is 19.4 Å². The zero-order valence-electron chi connectivity index (χ0n) is 24.9. The summed E-state index contributed by atoms with van der Waals surface area (Å²) in [5, 5.41) is 4.53. The molecule has 1 heterocycles. The van der Waals surface area contributed by atoms with Crippen molar-refractivity contribution in [3.05, 3.63) is 99.2 Å². The molecule has 1 amide bonds. The lowest BCUT2D eigenvalue weighted by atomic mass is 10.0. The van der Waals surface area contributed by atoms with E-state index in [-0.39, 0.29) is 11.8 Å². The summed E-state index contributed by atoms with van der Waals surface area (Å²) < 4.78 is 13.2. The fraction of sp³-hybridized carbons (Fsp3) is 0.353. The number of nitrogens with one attached hydrogen (secondary N) is 1. The van der Waals surface area contributed by atoms with Gasteiger partial charge in [-0.2, -0.15) is 0 Å². The van der Waals surface area contributed by atoms with E-state index in [1.807, 2.05) is 56.3 Å². The number of esters is 1. The molecule has 0 spiro atoms. The summed E-state index contributed by atoms with van der Waals surface area (Å²) in [6.07, 6.45) is -0.757. The molecule has 216 valence electrons. The van der Waals surface area contributed by atoms with Crippen LogP contribution >= 0.6 is 11.6 Å². The first-order valence-corrected chi connectivity index (χ1v) is 14.4. The third kappa shape index (κ3) is 6.76. The van der Waals surface area contributed by atoms with Crippen molar-refractivity contribution in [2.75, 3.05) is 7.11 Å². The largest absolute Gasteiger partial charge is 0.477 e. The minimum atomic E-state index is -0.757. The van der Waals surface area contributed by atoms with Gasteiger partial charge in [-0.3, -0.25) is 4.79 Å². The van der Waals surface area contributed by atoms with Crippen molar-refractivity contribution in [1.82, 2.24) is 9.88 Å². The zero-order valence-corrected chi connectivity index (χ0v) is 25.6. The summed E-state index contributed by atoms with van der Waals surface area (Å²) in [6.45, 7) is 13.3. The lowest BCUT2D eigenvalue weighted by molar-refractivity contribution is -0.150. The van der Waals surface area contributed by atoms with Gasteiger partial charge in [-0.1, -0.05) is 69.6 Å². The molecular formula is C34H39ClN2O4. The lowest BCUT2D eigenvalue weighted by Gasteiger charge is -2.21. The van der Waals surface area contributed by atoms with Gasteiger partial charge in [0.15, 0.2) is 6.10 Å². The van der Waals surface area contributed by atoms with E-state index in [1.165, 1.54) is 12.7 Å². The number of aryl methyl sites for hydroxylation is 1. The van der Waals surface area contributed by atoms with E-state index in [0.717, 1.165) is 33.3 Å². The Morgan fingerprint density at radius 3 is 2.39 bits per heavy atom. The Hall–Kier alpha value is -3.77. The summed E-state index contributed by atoms with van der Waals surface area (Å²) in [7, 11) is 1.35. The third-order valence-electron chi connectivity index (χ3n) is 7.60. The van der Waals surface area contributed by atoms with Gasteiger partial charge in [0.05, 0.1) is 12.1 Å². The van der Waals surface area contributed by atoms with Crippen LogP contribution in [0.25, 0.3) is 10.9 Å². The molecule has 0 bridgehead atoms. The number of amides is 1. The quantitative estimate of drug-likeness (QED) is 0.198. The Morgan fingerprint density at radius 1 is 0.951 bits per heavy atom. The van der Waals surface area contributed by atoms with Gasteiger partial charge in [0, 0.05) is 41.2 Å². The Balaban J connectivity index is 1.56. The van der Waals surface area contributed by atoms with E-state index in [4.69, 9.17) is 21.1 Å². The van der Waals surface area contributed by atoms with Crippen LogP contribution in [0.5, 0.6) is 5.75 Å². The number of ether oxygens (including phenoxy) is 2. The van der Waals surface area contributed by atoms with Crippen LogP contribution in [0.4, 0.5) is 0 Å². The predicted octanol–water partition coefficient (Wildman–Crippen LogP) is 7.59. The van der Waals surface area contributed by atoms with Gasteiger partial charge in [-0.25, -0.2) is 4.79 Å². The maximum Gasteiger partial charge on any atom is 0.347 e. The van der Waals surface area contributed by atoms with E-state index in [0.29, 0.717) is 35.3 Å². The van der Waals surface area contributed by atoms with Crippen LogP contribution in [0.1, 0.15) is 71.9 Å². The Labute approximate surface area is 247 Å². The molecule has 0 aliphatic carbocycles. The van der Waals surface area contributed by atoms with Crippen molar-refractivity contribution in [3.63, 3.8) is 0 Å². The molecule has 6 nitrogen and oxygen atoms in total.